The highest BCUT2D eigenvalue weighted by Crippen LogP contribution is 2.25. The first kappa shape index (κ1) is 22.7. The van der Waals surface area contributed by atoms with Gasteiger partial charge in [0.1, 0.15) is 0 Å². The van der Waals surface area contributed by atoms with Gasteiger partial charge in [0.25, 0.3) is 5.91 Å². The number of sulfonamides is 1. The molecule has 30 heavy (non-hydrogen) atoms. The molecule has 0 spiro atoms. The predicted molar refractivity (Wildman–Crippen MR) is 114 cm³/mol. The van der Waals surface area contributed by atoms with Crippen molar-refractivity contribution in [2.24, 2.45) is 11.8 Å². The molecular formula is C22H32N2O5S. The van der Waals surface area contributed by atoms with E-state index in [2.05, 4.69) is 13.8 Å². The molecule has 0 aromatic heterocycles. The third-order valence-electron chi connectivity index (χ3n) is 5.91. The Balaban J connectivity index is 1.68. The van der Waals surface area contributed by atoms with Crippen molar-refractivity contribution < 1.29 is 22.7 Å². The molecule has 166 valence electrons. The number of hydrogen-bond donors (Lipinski definition) is 0. The zero-order valence-corrected chi connectivity index (χ0v) is 18.9. The van der Waals surface area contributed by atoms with Crippen molar-refractivity contribution in [2.45, 2.75) is 51.3 Å². The Morgan fingerprint density at radius 1 is 1.07 bits per heavy atom. The Hall–Kier alpha value is -1.93. The van der Waals surface area contributed by atoms with Crippen molar-refractivity contribution in [3.63, 3.8) is 0 Å². The van der Waals surface area contributed by atoms with E-state index in [4.69, 9.17) is 4.74 Å². The fraction of sp³-hybridized carbons (Fsp3) is 0.636. The number of carbonyl (C=O) groups excluding carboxylic acids is 2. The van der Waals surface area contributed by atoms with Gasteiger partial charge in [-0.1, -0.05) is 26.3 Å². The summed E-state index contributed by atoms with van der Waals surface area (Å²) in [5, 5.41) is 0. The molecule has 2 fully saturated rings. The molecular weight excluding hydrogens is 404 g/mol. The summed E-state index contributed by atoms with van der Waals surface area (Å²) in [4.78, 5) is 26.9. The highest BCUT2D eigenvalue weighted by atomic mass is 32.2. The van der Waals surface area contributed by atoms with E-state index in [9.17, 15) is 18.0 Å². The number of carbonyl (C=O) groups is 2. The lowest BCUT2D eigenvalue weighted by atomic mass is 9.92. The van der Waals surface area contributed by atoms with Gasteiger partial charge in [-0.2, -0.15) is 4.31 Å². The summed E-state index contributed by atoms with van der Waals surface area (Å²) >= 11 is 0. The van der Waals surface area contributed by atoms with E-state index in [1.54, 1.807) is 24.0 Å². The average molecular weight is 437 g/mol. The van der Waals surface area contributed by atoms with Gasteiger partial charge in [-0.05, 0) is 55.7 Å². The molecule has 3 rings (SSSR count). The van der Waals surface area contributed by atoms with Gasteiger partial charge in [0.05, 0.1) is 10.5 Å². The highest BCUT2D eigenvalue weighted by molar-refractivity contribution is 7.89. The van der Waals surface area contributed by atoms with Crippen molar-refractivity contribution >= 4 is 21.9 Å². The van der Waals surface area contributed by atoms with Gasteiger partial charge in [-0.15, -0.1) is 0 Å². The summed E-state index contributed by atoms with van der Waals surface area (Å²) in [7, 11) is -3.66. The van der Waals surface area contributed by atoms with Gasteiger partial charge >= 0.3 is 5.97 Å². The lowest BCUT2D eigenvalue weighted by molar-refractivity contribution is -0.137. The number of esters is 1. The number of nitrogens with zero attached hydrogens (tertiary/aromatic N) is 2. The highest BCUT2D eigenvalue weighted by Gasteiger charge is 2.29. The Bertz CT molecular complexity index is 883. The lowest BCUT2D eigenvalue weighted by Crippen LogP contribution is -2.44. The van der Waals surface area contributed by atoms with E-state index in [-0.39, 0.29) is 23.0 Å². The van der Waals surface area contributed by atoms with Crippen LogP contribution in [0, 0.1) is 18.8 Å². The number of hydrogen-bond acceptors (Lipinski definition) is 5. The molecule has 2 atom stereocenters. The Morgan fingerprint density at radius 2 is 1.70 bits per heavy atom. The zero-order valence-electron chi connectivity index (χ0n) is 18.1. The number of benzene rings is 1. The van der Waals surface area contributed by atoms with Crippen LogP contribution < -0.4 is 0 Å². The third-order valence-corrected chi connectivity index (χ3v) is 7.95. The fourth-order valence-electron chi connectivity index (χ4n) is 4.42. The standard InChI is InChI=1S/C22H32N2O5S/c1-16-11-17(2)14-23(13-16)21(25)15-29-22(26)19-8-7-18(3)20(12-19)30(27,28)24-9-5-4-6-10-24/h7-8,12,16-17H,4-6,9-11,13-15H2,1-3H3/t16-,17-/m1/s1. The normalized spacial score (nSPS) is 23.2. The zero-order chi connectivity index (χ0) is 21.9. The van der Waals surface area contributed by atoms with Gasteiger partial charge < -0.3 is 9.64 Å². The van der Waals surface area contributed by atoms with Crippen molar-refractivity contribution in [2.75, 3.05) is 32.8 Å². The topological polar surface area (TPSA) is 84.0 Å². The molecule has 0 radical (unpaired) electrons. The van der Waals surface area contributed by atoms with E-state index >= 15 is 0 Å². The molecule has 2 aliphatic rings. The average Bonchev–Trinajstić information content (AvgIpc) is 2.71. The smallest absolute Gasteiger partial charge is 0.338 e. The van der Waals surface area contributed by atoms with E-state index < -0.39 is 16.0 Å². The number of aryl methyl sites for hydroxylation is 1. The molecule has 7 nitrogen and oxygen atoms in total. The van der Waals surface area contributed by atoms with Crippen LogP contribution in [0.2, 0.25) is 0 Å². The number of rotatable bonds is 5. The Labute approximate surface area is 179 Å². The summed E-state index contributed by atoms with van der Waals surface area (Å²) < 4.78 is 32.8. The molecule has 0 aliphatic carbocycles. The first-order valence-corrected chi connectivity index (χ1v) is 12.2. The number of amides is 1. The second-order valence-corrected chi connectivity index (χ2v) is 10.7. The first-order chi connectivity index (χ1) is 14.2. The molecule has 0 unspecified atom stereocenters. The molecule has 0 N–H and O–H groups in total. The number of piperidine rings is 2. The van der Waals surface area contributed by atoms with Crippen molar-refractivity contribution in [1.82, 2.24) is 9.21 Å². The third kappa shape index (κ3) is 5.21. The summed E-state index contributed by atoms with van der Waals surface area (Å²) in [5.41, 5.74) is 0.730. The molecule has 2 saturated heterocycles. The van der Waals surface area contributed by atoms with Crippen LogP contribution in [-0.2, 0) is 19.6 Å². The summed E-state index contributed by atoms with van der Waals surface area (Å²) in [6, 6.07) is 4.53. The summed E-state index contributed by atoms with van der Waals surface area (Å²) in [6.07, 6.45) is 3.80. The van der Waals surface area contributed by atoms with Crippen LogP contribution in [0.5, 0.6) is 0 Å². The first-order valence-electron chi connectivity index (χ1n) is 10.7. The molecule has 2 heterocycles. The van der Waals surface area contributed by atoms with Gasteiger partial charge in [0.15, 0.2) is 6.61 Å². The number of ether oxygens (including phenoxy) is 1. The second-order valence-electron chi connectivity index (χ2n) is 8.77. The van der Waals surface area contributed by atoms with Crippen LogP contribution in [0.15, 0.2) is 23.1 Å². The number of likely N-dealkylation sites (tertiary alicyclic amines) is 1. The summed E-state index contributed by atoms with van der Waals surface area (Å²) in [6.45, 7) is 7.94. The maximum atomic E-state index is 13.0. The SMILES string of the molecule is Cc1ccc(C(=O)OCC(=O)N2C[C@H](C)C[C@@H](C)C2)cc1S(=O)(=O)N1CCCCC1. The predicted octanol–water partition coefficient (Wildman–Crippen LogP) is 2.83. The molecule has 0 bridgehead atoms. The minimum Gasteiger partial charge on any atom is -0.452 e. The molecule has 1 aromatic rings. The van der Waals surface area contributed by atoms with Crippen molar-refractivity contribution in [3.8, 4) is 0 Å². The van der Waals surface area contributed by atoms with Gasteiger partial charge in [0, 0.05) is 26.2 Å². The minimum absolute atomic E-state index is 0.129. The van der Waals surface area contributed by atoms with Crippen LogP contribution in [0.25, 0.3) is 0 Å². The molecule has 1 aromatic carbocycles. The molecule has 1 amide bonds. The van der Waals surface area contributed by atoms with Crippen molar-refractivity contribution in [1.29, 1.82) is 0 Å². The maximum Gasteiger partial charge on any atom is 0.338 e. The van der Waals surface area contributed by atoms with Crippen LogP contribution in [0.1, 0.15) is 55.5 Å². The van der Waals surface area contributed by atoms with Crippen LogP contribution in [0.3, 0.4) is 0 Å². The quantitative estimate of drug-likeness (QED) is 0.663. The second kappa shape index (κ2) is 9.47. The van der Waals surface area contributed by atoms with Gasteiger partial charge in [0.2, 0.25) is 10.0 Å². The van der Waals surface area contributed by atoms with E-state index in [0.717, 1.165) is 25.7 Å². The van der Waals surface area contributed by atoms with Gasteiger partial charge in [-0.25, -0.2) is 13.2 Å². The van der Waals surface area contributed by atoms with E-state index in [1.165, 1.54) is 10.4 Å². The molecule has 0 saturated carbocycles. The lowest BCUT2D eigenvalue weighted by Gasteiger charge is -2.34. The summed E-state index contributed by atoms with van der Waals surface area (Å²) in [5.74, 6) is -0.0484. The van der Waals surface area contributed by atoms with Crippen LogP contribution >= 0.6 is 0 Å². The van der Waals surface area contributed by atoms with Crippen LogP contribution in [-0.4, -0.2) is 62.3 Å². The Morgan fingerprint density at radius 3 is 2.33 bits per heavy atom. The monoisotopic (exact) mass is 436 g/mol. The largest absolute Gasteiger partial charge is 0.452 e. The fourth-order valence-corrected chi connectivity index (χ4v) is 6.19. The van der Waals surface area contributed by atoms with E-state index in [0.29, 0.717) is 43.6 Å². The maximum absolute atomic E-state index is 13.0. The van der Waals surface area contributed by atoms with Crippen molar-refractivity contribution in [3.05, 3.63) is 29.3 Å². The van der Waals surface area contributed by atoms with Crippen LogP contribution in [0.4, 0.5) is 0 Å². The van der Waals surface area contributed by atoms with Gasteiger partial charge in [-0.3, -0.25) is 4.79 Å². The van der Waals surface area contributed by atoms with E-state index in [1.807, 2.05) is 0 Å². The molecule has 2 aliphatic heterocycles. The Kier molecular flexibility index (Phi) is 7.18. The minimum atomic E-state index is -3.66. The molecule has 8 heteroatoms.